The number of ether oxygens (including phenoxy) is 1. The zero-order valence-electron chi connectivity index (χ0n) is 14.8. The van der Waals surface area contributed by atoms with E-state index in [2.05, 4.69) is 15.9 Å². The van der Waals surface area contributed by atoms with Crippen LogP contribution in [0.5, 0.6) is 0 Å². The van der Waals surface area contributed by atoms with E-state index in [1.54, 1.807) is 16.7 Å². The average molecular weight is 487 g/mol. The highest BCUT2D eigenvalue weighted by Gasteiger charge is 2.34. The van der Waals surface area contributed by atoms with Crippen LogP contribution in [0.1, 0.15) is 24.5 Å². The Kier molecular flexibility index (Phi) is 5.42. The molecule has 1 aromatic heterocycles. The Morgan fingerprint density at radius 3 is 2.75 bits per heavy atom. The summed E-state index contributed by atoms with van der Waals surface area (Å²) in [7, 11) is 1.35. The molecule has 1 unspecified atom stereocenters. The first-order valence-corrected chi connectivity index (χ1v) is 10.6. The van der Waals surface area contributed by atoms with E-state index < -0.39 is 11.6 Å². The Morgan fingerprint density at radius 2 is 2.07 bits per heavy atom. The van der Waals surface area contributed by atoms with Gasteiger partial charge in [-0.1, -0.05) is 23.4 Å². The van der Waals surface area contributed by atoms with Crippen LogP contribution in [0.4, 0.5) is 8.78 Å². The quantitative estimate of drug-likeness (QED) is 0.310. The third-order valence-corrected chi connectivity index (χ3v) is 6.93. The minimum absolute atomic E-state index is 0.121. The normalized spacial score (nSPS) is 15.8. The van der Waals surface area contributed by atoms with E-state index in [0.717, 1.165) is 21.6 Å². The van der Waals surface area contributed by atoms with Gasteiger partial charge in [0.2, 0.25) is 0 Å². The third-order valence-electron chi connectivity index (χ3n) is 4.93. The van der Waals surface area contributed by atoms with E-state index in [4.69, 9.17) is 16.3 Å². The molecular formula is C20H15BrClF2NO2S. The maximum Gasteiger partial charge on any atom is 0.306 e. The largest absolute Gasteiger partial charge is 0.469 e. The van der Waals surface area contributed by atoms with Crippen molar-refractivity contribution in [2.75, 3.05) is 7.11 Å². The van der Waals surface area contributed by atoms with Gasteiger partial charge in [0.05, 0.1) is 19.0 Å². The number of carbonyl (C=O) groups is 1. The molecule has 0 saturated heterocycles. The maximum absolute atomic E-state index is 14.8. The Labute approximate surface area is 178 Å². The zero-order valence-corrected chi connectivity index (χ0v) is 17.9. The number of aromatic nitrogens is 1. The number of halogens is 4. The van der Waals surface area contributed by atoms with Crippen LogP contribution in [0, 0.1) is 11.6 Å². The molecule has 3 nitrogen and oxygen atoms in total. The Hall–Kier alpha value is -1.57. The summed E-state index contributed by atoms with van der Waals surface area (Å²) in [6, 6.07) is 8.46. The molecule has 0 bridgehead atoms. The maximum atomic E-state index is 14.8. The summed E-state index contributed by atoms with van der Waals surface area (Å²) < 4.78 is 36.0. The molecular weight excluding hydrogens is 472 g/mol. The molecule has 0 amide bonds. The van der Waals surface area contributed by atoms with Gasteiger partial charge in [0.25, 0.3) is 0 Å². The van der Waals surface area contributed by atoms with Crippen molar-refractivity contribution in [2.45, 2.75) is 35.1 Å². The van der Waals surface area contributed by atoms with Crippen LogP contribution >= 0.6 is 39.3 Å². The van der Waals surface area contributed by atoms with Crippen molar-refractivity contribution in [3.8, 4) is 0 Å². The molecule has 0 spiro atoms. The minimum Gasteiger partial charge on any atom is -0.469 e. The predicted octanol–water partition coefficient (Wildman–Crippen LogP) is 6.54. The number of fused-ring (bicyclic) bond motifs is 3. The van der Waals surface area contributed by atoms with Gasteiger partial charge in [-0.15, -0.1) is 0 Å². The molecule has 8 heteroatoms. The Bertz CT molecular complexity index is 1080. The molecule has 1 aliphatic heterocycles. The number of hydrogen-bond acceptors (Lipinski definition) is 3. The lowest BCUT2D eigenvalue weighted by Gasteiger charge is -2.12. The van der Waals surface area contributed by atoms with Gasteiger partial charge in [-0.2, -0.15) is 0 Å². The summed E-state index contributed by atoms with van der Waals surface area (Å²) in [5.74, 6) is -2.22. The van der Waals surface area contributed by atoms with Crippen LogP contribution < -0.4 is 0 Å². The summed E-state index contributed by atoms with van der Waals surface area (Å²) in [4.78, 5) is 13.6. The number of aryl methyl sites for hydroxylation is 1. The number of hydrogen-bond donors (Lipinski definition) is 0. The van der Waals surface area contributed by atoms with E-state index in [9.17, 15) is 13.6 Å². The Morgan fingerprint density at radius 1 is 1.36 bits per heavy atom. The number of nitrogens with zero attached hydrogens (tertiary/aromatic N) is 1. The molecule has 2 aromatic carbocycles. The number of carbonyl (C=O) groups excluding carboxylic acids is 1. The van der Waals surface area contributed by atoms with E-state index in [1.807, 2.05) is 12.1 Å². The van der Waals surface area contributed by atoms with E-state index in [0.29, 0.717) is 27.8 Å². The van der Waals surface area contributed by atoms with E-state index in [-0.39, 0.29) is 23.8 Å². The second-order valence-corrected chi connectivity index (χ2v) is 8.94. The van der Waals surface area contributed by atoms with Gasteiger partial charge in [-0.3, -0.25) is 4.79 Å². The topological polar surface area (TPSA) is 31.2 Å². The van der Waals surface area contributed by atoms with Gasteiger partial charge in [0, 0.05) is 42.8 Å². The van der Waals surface area contributed by atoms with Gasteiger partial charge < -0.3 is 9.30 Å². The molecule has 0 aliphatic carbocycles. The van der Waals surface area contributed by atoms with Crippen molar-refractivity contribution < 1.29 is 18.3 Å². The zero-order chi connectivity index (χ0) is 20.0. The van der Waals surface area contributed by atoms with Crippen LogP contribution in [0.15, 0.2) is 44.6 Å². The van der Waals surface area contributed by atoms with Crippen LogP contribution in [-0.4, -0.2) is 17.6 Å². The molecule has 0 saturated carbocycles. The highest BCUT2D eigenvalue weighted by molar-refractivity contribution is 9.10. The lowest BCUT2D eigenvalue weighted by Crippen LogP contribution is -2.07. The molecule has 4 rings (SSSR count). The Balaban J connectivity index is 1.93. The van der Waals surface area contributed by atoms with Crippen molar-refractivity contribution in [3.63, 3.8) is 0 Å². The molecule has 0 fully saturated rings. The molecule has 28 heavy (non-hydrogen) atoms. The van der Waals surface area contributed by atoms with Gasteiger partial charge >= 0.3 is 5.97 Å². The molecule has 2 heterocycles. The second kappa shape index (κ2) is 7.69. The highest BCUT2D eigenvalue weighted by atomic mass is 79.9. The van der Waals surface area contributed by atoms with E-state index in [1.165, 1.54) is 18.9 Å². The fraction of sp³-hybridized carbons (Fsp3) is 0.250. The molecule has 3 aromatic rings. The fourth-order valence-electron chi connectivity index (χ4n) is 3.69. The first kappa shape index (κ1) is 19.7. The average Bonchev–Trinajstić information content (AvgIpc) is 3.21. The third kappa shape index (κ3) is 3.33. The SMILES string of the molecule is COC(=O)CC1CCn2c1c(Sc1ccc(Cl)cc1)c1c(Br)cc(F)c(F)c12. The first-order valence-electron chi connectivity index (χ1n) is 8.60. The lowest BCUT2D eigenvalue weighted by atomic mass is 10.00. The summed E-state index contributed by atoms with van der Waals surface area (Å²) in [5, 5.41) is 1.23. The lowest BCUT2D eigenvalue weighted by molar-refractivity contribution is -0.141. The van der Waals surface area contributed by atoms with Gasteiger partial charge in [-0.25, -0.2) is 8.78 Å². The summed E-state index contributed by atoms with van der Waals surface area (Å²) in [5.41, 5.74) is 1.07. The second-order valence-electron chi connectivity index (χ2n) is 6.57. The van der Waals surface area contributed by atoms with Crippen LogP contribution in [0.2, 0.25) is 5.02 Å². The molecule has 1 aliphatic rings. The predicted molar refractivity (Wildman–Crippen MR) is 109 cm³/mol. The van der Waals surface area contributed by atoms with Crippen LogP contribution in [0.25, 0.3) is 10.9 Å². The number of esters is 1. The summed E-state index contributed by atoms with van der Waals surface area (Å²) in [6.45, 7) is 0.515. The number of rotatable bonds is 4. The van der Waals surface area contributed by atoms with Gasteiger partial charge in [0.1, 0.15) is 0 Å². The van der Waals surface area contributed by atoms with Crippen molar-refractivity contribution >= 4 is 56.2 Å². The van der Waals surface area contributed by atoms with Crippen molar-refractivity contribution in [1.82, 2.24) is 4.57 Å². The van der Waals surface area contributed by atoms with Crippen molar-refractivity contribution in [1.29, 1.82) is 0 Å². The van der Waals surface area contributed by atoms with Crippen molar-refractivity contribution in [2.24, 2.45) is 0 Å². The van der Waals surface area contributed by atoms with Crippen molar-refractivity contribution in [3.05, 3.63) is 57.2 Å². The molecule has 0 N–H and O–H groups in total. The highest BCUT2D eigenvalue weighted by Crippen LogP contribution is 2.49. The molecule has 146 valence electrons. The monoisotopic (exact) mass is 485 g/mol. The van der Waals surface area contributed by atoms with Gasteiger partial charge in [-0.05, 0) is 52.7 Å². The van der Waals surface area contributed by atoms with Gasteiger partial charge in [0.15, 0.2) is 11.6 Å². The first-order chi connectivity index (χ1) is 13.4. The van der Waals surface area contributed by atoms with Crippen LogP contribution in [0.3, 0.4) is 0 Å². The van der Waals surface area contributed by atoms with Crippen LogP contribution in [-0.2, 0) is 16.1 Å². The molecule has 0 radical (unpaired) electrons. The van der Waals surface area contributed by atoms with E-state index >= 15 is 0 Å². The fourth-order valence-corrected chi connectivity index (χ4v) is 5.73. The summed E-state index contributed by atoms with van der Waals surface area (Å²) in [6.07, 6.45) is 0.866. The summed E-state index contributed by atoms with van der Waals surface area (Å²) >= 11 is 10.8. The molecule has 1 atom stereocenters. The number of benzene rings is 2. The smallest absolute Gasteiger partial charge is 0.306 e. The minimum atomic E-state index is -0.904. The standard InChI is InChI=1S/C20H15BrClF2NO2S/c1-27-15(26)8-10-6-7-25-18(10)20(28-12-4-2-11(22)3-5-12)16-13(21)9-14(23)17(24)19(16)25/h2-5,9-10H,6-8H2,1H3. The number of methoxy groups -OCH3 is 1.